The highest BCUT2D eigenvalue weighted by Crippen LogP contribution is 2.18. The molecule has 0 aromatic heterocycles. The van der Waals surface area contributed by atoms with Gasteiger partial charge in [0.25, 0.3) is 0 Å². The topological polar surface area (TPSA) is 47.0 Å². The lowest BCUT2D eigenvalue weighted by atomic mass is 10.1. The maximum atomic E-state index is 12.4. The van der Waals surface area contributed by atoms with Gasteiger partial charge in [-0.1, -0.05) is 0 Å². The fourth-order valence-electron chi connectivity index (χ4n) is 3.07. The van der Waals surface area contributed by atoms with E-state index in [1.807, 2.05) is 18.7 Å². The lowest BCUT2D eigenvalue weighted by molar-refractivity contribution is -0.137. The van der Waals surface area contributed by atoms with E-state index in [1.165, 1.54) is 0 Å². The van der Waals surface area contributed by atoms with Crippen LogP contribution in [0, 0.1) is 5.92 Å². The molecule has 110 valence electrons. The Balaban J connectivity index is 1.78. The number of aliphatic hydroxyl groups is 1. The number of β-amino-alcohol motifs (C(OH)–C–C–N with tert-alkyl or cyclic N) is 1. The van der Waals surface area contributed by atoms with Crippen LogP contribution in [0.4, 0.5) is 0 Å². The highest BCUT2D eigenvalue weighted by atomic mass is 16.3. The maximum Gasteiger partial charge on any atom is 0.227 e. The first-order valence-corrected chi connectivity index (χ1v) is 7.27. The normalized spacial score (nSPS) is 26.9. The van der Waals surface area contributed by atoms with E-state index in [2.05, 4.69) is 16.8 Å². The van der Waals surface area contributed by atoms with Crippen LogP contribution in [0.3, 0.4) is 0 Å². The van der Waals surface area contributed by atoms with Crippen molar-refractivity contribution in [1.29, 1.82) is 0 Å². The highest BCUT2D eigenvalue weighted by molar-refractivity contribution is 5.79. The SMILES string of the molecule is CN1CC[C@H](C(=O)N2CCN(CC(C)(C)O)CC2)C1. The highest BCUT2D eigenvalue weighted by Gasteiger charge is 2.32. The number of piperazine rings is 1. The number of hydrogen-bond donors (Lipinski definition) is 1. The first-order valence-electron chi connectivity index (χ1n) is 7.27. The maximum absolute atomic E-state index is 12.4. The summed E-state index contributed by atoms with van der Waals surface area (Å²) in [5.74, 6) is 0.526. The van der Waals surface area contributed by atoms with Gasteiger partial charge in [-0.15, -0.1) is 0 Å². The summed E-state index contributed by atoms with van der Waals surface area (Å²) in [7, 11) is 2.08. The summed E-state index contributed by atoms with van der Waals surface area (Å²) in [4.78, 5) is 18.8. The van der Waals surface area contributed by atoms with Gasteiger partial charge in [0.15, 0.2) is 0 Å². The second-order valence-corrected chi connectivity index (χ2v) is 6.66. The van der Waals surface area contributed by atoms with Crippen LogP contribution in [-0.4, -0.2) is 84.2 Å². The van der Waals surface area contributed by atoms with E-state index in [4.69, 9.17) is 0 Å². The quantitative estimate of drug-likeness (QED) is 0.774. The Hall–Kier alpha value is -0.650. The Morgan fingerprint density at radius 3 is 2.32 bits per heavy atom. The third kappa shape index (κ3) is 4.16. The number of hydrogen-bond acceptors (Lipinski definition) is 4. The summed E-state index contributed by atoms with van der Waals surface area (Å²) in [5, 5.41) is 9.82. The van der Waals surface area contributed by atoms with Crippen LogP contribution in [0.15, 0.2) is 0 Å². The lowest BCUT2D eigenvalue weighted by Crippen LogP contribution is -2.53. The summed E-state index contributed by atoms with van der Waals surface area (Å²) in [6.45, 7) is 9.64. The monoisotopic (exact) mass is 269 g/mol. The van der Waals surface area contributed by atoms with E-state index in [0.717, 1.165) is 45.7 Å². The molecule has 2 saturated heterocycles. The van der Waals surface area contributed by atoms with Gasteiger partial charge in [-0.2, -0.15) is 0 Å². The summed E-state index contributed by atoms with van der Waals surface area (Å²) >= 11 is 0. The van der Waals surface area contributed by atoms with Crippen molar-refractivity contribution < 1.29 is 9.90 Å². The summed E-state index contributed by atoms with van der Waals surface area (Å²) < 4.78 is 0. The van der Waals surface area contributed by atoms with E-state index in [9.17, 15) is 9.90 Å². The number of likely N-dealkylation sites (tertiary alicyclic amines) is 1. The standard InChI is InChI=1S/C14H27N3O2/c1-14(2,19)11-16-6-8-17(9-7-16)13(18)12-4-5-15(3)10-12/h12,19H,4-11H2,1-3H3/t12-/m0/s1. The van der Waals surface area contributed by atoms with Crippen molar-refractivity contribution in [2.24, 2.45) is 5.92 Å². The minimum atomic E-state index is -0.652. The number of amides is 1. The largest absolute Gasteiger partial charge is 0.389 e. The molecule has 0 saturated carbocycles. The van der Waals surface area contributed by atoms with Crippen molar-refractivity contribution in [3.63, 3.8) is 0 Å². The first-order chi connectivity index (χ1) is 8.85. The number of nitrogens with zero attached hydrogens (tertiary/aromatic N) is 3. The van der Waals surface area contributed by atoms with Gasteiger partial charge in [-0.25, -0.2) is 0 Å². The third-order valence-corrected chi connectivity index (χ3v) is 4.04. The Morgan fingerprint density at radius 1 is 1.21 bits per heavy atom. The molecule has 2 heterocycles. The van der Waals surface area contributed by atoms with Gasteiger partial charge in [-0.3, -0.25) is 9.69 Å². The van der Waals surface area contributed by atoms with Gasteiger partial charge in [0.2, 0.25) is 5.91 Å². The molecule has 0 bridgehead atoms. The molecule has 5 nitrogen and oxygen atoms in total. The predicted molar refractivity (Wildman–Crippen MR) is 74.9 cm³/mol. The Labute approximate surface area is 116 Å². The molecule has 0 spiro atoms. The summed E-state index contributed by atoms with van der Waals surface area (Å²) in [6, 6.07) is 0. The molecule has 0 aliphatic carbocycles. The molecule has 0 unspecified atom stereocenters. The average Bonchev–Trinajstić information content (AvgIpc) is 2.74. The van der Waals surface area contributed by atoms with Gasteiger partial charge >= 0.3 is 0 Å². The van der Waals surface area contributed by atoms with E-state index in [0.29, 0.717) is 12.5 Å². The molecule has 2 rings (SSSR count). The summed E-state index contributed by atoms with van der Waals surface area (Å²) in [6.07, 6.45) is 0.999. The van der Waals surface area contributed by atoms with E-state index < -0.39 is 5.60 Å². The van der Waals surface area contributed by atoms with Crippen molar-refractivity contribution >= 4 is 5.91 Å². The zero-order chi connectivity index (χ0) is 14.0. The van der Waals surface area contributed by atoms with Crippen molar-refractivity contribution in [2.45, 2.75) is 25.9 Å². The van der Waals surface area contributed by atoms with Crippen molar-refractivity contribution in [3.8, 4) is 0 Å². The van der Waals surface area contributed by atoms with Crippen LogP contribution in [-0.2, 0) is 4.79 Å². The van der Waals surface area contributed by atoms with Crippen LogP contribution in [0.25, 0.3) is 0 Å². The van der Waals surface area contributed by atoms with Crippen LogP contribution < -0.4 is 0 Å². The van der Waals surface area contributed by atoms with E-state index >= 15 is 0 Å². The molecule has 19 heavy (non-hydrogen) atoms. The molecular weight excluding hydrogens is 242 g/mol. The van der Waals surface area contributed by atoms with Gasteiger partial charge < -0.3 is 14.9 Å². The molecule has 5 heteroatoms. The van der Waals surface area contributed by atoms with Gasteiger partial charge in [0.1, 0.15) is 0 Å². The Bertz CT molecular complexity index is 319. The average molecular weight is 269 g/mol. The van der Waals surface area contributed by atoms with Crippen LogP contribution in [0.5, 0.6) is 0 Å². The fraction of sp³-hybridized carbons (Fsp3) is 0.929. The van der Waals surface area contributed by atoms with Crippen molar-refractivity contribution in [1.82, 2.24) is 14.7 Å². The number of carbonyl (C=O) groups excluding carboxylic acids is 1. The van der Waals surface area contributed by atoms with E-state index in [1.54, 1.807) is 0 Å². The molecule has 1 N–H and O–H groups in total. The Morgan fingerprint density at radius 2 is 1.84 bits per heavy atom. The molecule has 0 aromatic carbocycles. The number of carbonyl (C=O) groups is 1. The van der Waals surface area contributed by atoms with Gasteiger partial charge in [0, 0.05) is 39.3 Å². The Kier molecular flexibility index (Phi) is 4.48. The molecule has 2 fully saturated rings. The zero-order valence-corrected chi connectivity index (χ0v) is 12.4. The van der Waals surface area contributed by atoms with Crippen LogP contribution in [0.2, 0.25) is 0 Å². The van der Waals surface area contributed by atoms with E-state index in [-0.39, 0.29) is 5.92 Å². The predicted octanol–water partition coefficient (Wildman–Crippen LogP) is -0.147. The van der Waals surface area contributed by atoms with Gasteiger partial charge in [-0.05, 0) is 33.9 Å². The smallest absolute Gasteiger partial charge is 0.227 e. The minimum Gasteiger partial charge on any atom is -0.389 e. The number of rotatable bonds is 3. The molecule has 0 aromatic rings. The molecule has 1 amide bonds. The molecule has 2 aliphatic heterocycles. The minimum absolute atomic E-state index is 0.200. The third-order valence-electron chi connectivity index (χ3n) is 4.04. The second-order valence-electron chi connectivity index (χ2n) is 6.66. The second kappa shape index (κ2) is 5.77. The first kappa shape index (κ1) is 14.8. The lowest BCUT2D eigenvalue weighted by Gasteiger charge is -2.38. The molecule has 1 atom stereocenters. The van der Waals surface area contributed by atoms with Crippen LogP contribution >= 0.6 is 0 Å². The molecule has 2 aliphatic rings. The zero-order valence-electron chi connectivity index (χ0n) is 12.4. The molecular formula is C14H27N3O2. The van der Waals surface area contributed by atoms with Gasteiger partial charge in [0.05, 0.1) is 11.5 Å². The van der Waals surface area contributed by atoms with Crippen molar-refractivity contribution in [3.05, 3.63) is 0 Å². The molecule has 0 radical (unpaired) electrons. The fourth-order valence-corrected chi connectivity index (χ4v) is 3.07. The van der Waals surface area contributed by atoms with Crippen LogP contribution in [0.1, 0.15) is 20.3 Å². The van der Waals surface area contributed by atoms with Crippen molar-refractivity contribution in [2.75, 3.05) is 52.9 Å². The summed E-state index contributed by atoms with van der Waals surface area (Å²) in [5.41, 5.74) is -0.652.